The van der Waals surface area contributed by atoms with Crippen LogP contribution in [0, 0.1) is 0 Å². The third-order valence-electron chi connectivity index (χ3n) is 3.25. The zero-order valence-corrected chi connectivity index (χ0v) is 14.1. The number of ether oxygens (including phenoxy) is 1. The lowest BCUT2D eigenvalue weighted by atomic mass is 10.3. The van der Waals surface area contributed by atoms with E-state index in [1.54, 1.807) is 6.07 Å². The van der Waals surface area contributed by atoms with Gasteiger partial charge in [-0.2, -0.15) is 0 Å². The van der Waals surface area contributed by atoms with Crippen molar-refractivity contribution in [1.82, 2.24) is 5.32 Å². The number of aliphatic imine (C=N–C) groups is 1. The maximum absolute atomic E-state index is 11.4. The number of anilines is 1. The smallest absolute Gasteiger partial charge is 0.239 e. The van der Waals surface area contributed by atoms with E-state index >= 15 is 0 Å². The molecule has 0 saturated carbocycles. The van der Waals surface area contributed by atoms with Gasteiger partial charge in [-0.05, 0) is 24.3 Å². The van der Waals surface area contributed by atoms with Crippen LogP contribution in [0.3, 0.4) is 0 Å². The lowest BCUT2D eigenvalue weighted by Gasteiger charge is -2.13. The van der Waals surface area contributed by atoms with Crippen LogP contribution in [0.15, 0.2) is 52.4 Å². The molecule has 0 fully saturated rings. The fourth-order valence-corrected chi connectivity index (χ4v) is 3.25. The second kappa shape index (κ2) is 6.68. The maximum Gasteiger partial charge on any atom is 0.239 e. The van der Waals surface area contributed by atoms with Gasteiger partial charge in [-0.1, -0.05) is 23.7 Å². The fourth-order valence-electron chi connectivity index (χ4n) is 2.17. The predicted molar refractivity (Wildman–Crippen MR) is 93.3 cm³/mol. The van der Waals surface area contributed by atoms with Crippen LogP contribution < -0.4 is 20.5 Å². The van der Waals surface area contributed by atoms with Gasteiger partial charge in [-0.25, -0.2) is 13.6 Å². The SMILES string of the molecule is NS(=O)(=O)c1ccc(Oc2ccccc2NC2=NCCN2)cc1Cl. The van der Waals surface area contributed by atoms with Crippen LogP contribution in [-0.2, 0) is 10.0 Å². The minimum absolute atomic E-state index is 0.00211. The van der Waals surface area contributed by atoms with E-state index in [0.717, 1.165) is 18.8 Å². The highest BCUT2D eigenvalue weighted by Crippen LogP contribution is 2.32. The number of nitrogens with two attached hydrogens (primary N) is 1. The van der Waals surface area contributed by atoms with Crippen molar-refractivity contribution in [3.8, 4) is 11.5 Å². The Balaban J connectivity index is 1.85. The summed E-state index contributed by atoms with van der Waals surface area (Å²) >= 11 is 5.97. The van der Waals surface area contributed by atoms with Crippen molar-refractivity contribution in [2.24, 2.45) is 10.1 Å². The summed E-state index contributed by atoms with van der Waals surface area (Å²) in [6.45, 7) is 1.51. The summed E-state index contributed by atoms with van der Waals surface area (Å²) in [5, 5.41) is 11.4. The molecule has 7 nitrogen and oxygen atoms in total. The van der Waals surface area contributed by atoms with Gasteiger partial charge in [-0.15, -0.1) is 0 Å². The van der Waals surface area contributed by atoms with Crippen molar-refractivity contribution >= 4 is 33.3 Å². The number of rotatable bonds is 4. The second-order valence-corrected chi connectivity index (χ2v) is 6.95. The second-order valence-electron chi connectivity index (χ2n) is 5.02. The van der Waals surface area contributed by atoms with Crippen LogP contribution in [0.2, 0.25) is 5.02 Å². The maximum atomic E-state index is 11.4. The Bertz CT molecular complexity index is 899. The van der Waals surface area contributed by atoms with Crippen LogP contribution in [0.1, 0.15) is 0 Å². The molecule has 2 aromatic rings. The van der Waals surface area contributed by atoms with E-state index in [4.69, 9.17) is 21.5 Å². The minimum atomic E-state index is -3.87. The number of hydrogen-bond acceptors (Lipinski definition) is 6. The molecule has 0 unspecified atom stereocenters. The molecule has 4 N–H and O–H groups in total. The Kier molecular flexibility index (Phi) is 4.61. The summed E-state index contributed by atoms with van der Waals surface area (Å²) < 4.78 is 28.6. The molecule has 0 aliphatic carbocycles. The van der Waals surface area contributed by atoms with E-state index in [0.29, 0.717) is 17.5 Å². The number of benzene rings is 2. The van der Waals surface area contributed by atoms with Gasteiger partial charge in [0.1, 0.15) is 10.6 Å². The van der Waals surface area contributed by atoms with Gasteiger partial charge in [-0.3, -0.25) is 4.99 Å². The van der Waals surface area contributed by atoms with E-state index < -0.39 is 10.0 Å². The van der Waals surface area contributed by atoms with Gasteiger partial charge < -0.3 is 15.4 Å². The molecule has 24 heavy (non-hydrogen) atoms. The number of nitrogens with one attached hydrogen (secondary N) is 2. The topological polar surface area (TPSA) is 106 Å². The quantitative estimate of drug-likeness (QED) is 0.768. The average Bonchev–Trinajstić information content (AvgIpc) is 3.01. The molecule has 0 amide bonds. The Morgan fingerprint density at radius 2 is 2.04 bits per heavy atom. The first kappa shape index (κ1) is 16.6. The Labute approximate surface area is 144 Å². The summed E-state index contributed by atoms with van der Waals surface area (Å²) in [6.07, 6.45) is 0. The summed E-state index contributed by atoms with van der Waals surface area (Å²) in [5.74, 6) is 1.62. The standard InChI is InChI=1S/C15H15ClN4O3S/c16-11-9-10(5-6-14(11)24(17,21)22)23-13-4-2-1-3-12(13)20-15-18-7-8-19-15/h1-6,9H,7-8H2,(H2,17,21,22)(H2,18,19,20). The third kappa shape index (κ3) is 3.78. The number of halogens is 1. The molecule has 2 aromatic carbocycles. The number of guanidine groups is 1. The van der Waals surface area contributed by atoms with E-state index in [2.05, 4.69) is 15.6 Å². The monoisotopic (exact) mass is 366 g/mol. The molecule has 1 aliphatic heterocycles. The van der Waals surface area contributed by atoms with Gasteiger partial charge in [0.15, 0.2) is 11.7 Å². The predicted octanol–water partition coefficient (Wildman–Crippen LogP) is 2.15. The number of hydrogen-bond donors (Lipinski definition) is 3. The molecule has 0 saturated heterocycles. The largest absolute Gasteiger partial charge is 0.455 e. The Hall–Kier alpha value is -2.29. The highest BCUT2D eigenvalue weighted by atomic mass is 35.5. The summed E-state index contributed by atoms with van der Waals surface area (Å²) in [6, 6.07) is 11.5. The highest BCUT2D eigenvalue weighted by molar-refractivity contribution is 7.89. The van der Waals surface area contributed by atoms with E-state index in [9.17, 15) is 8.42 Å². The molecule has 0 bridgehead atoms. The molecule has 9 heteroatoms. The first-order valence-electron chi connectivity index (χ1n) is 7.08. The van der Waals surface area contributed by atoms with Gasteiger partial charge in [0.25, 0.3) is 0 Å². The van der Waals surface area contributed by atoms with Gasteiger partial charge >= 0.3 is 0 Å². The van der Waals surface area contributed by atoms with Crippen molar-refractivity contribution < 1.29 is 13.2 Å². The lowest BCUT2D eigenvalue weighted by molar-refractivity contribution is 0.484. The first-order valence-corrected chi connectivity index (χ1v) is 9.00. The van der Waals surface area contributed by atoms with Crippen molar-refractivity contribution in [2.45, 2.75) is 4.90 Å². The molecule has 0 atom stereocenters. The van der Waals surface area contributed by atoms with Crippen molar-refractivity contribution in [3.05, 3.63) is 47.5 Å². The Morgan fingerprint density at radius 3 is 2.71 bits per heavy atom. The number of sulfonamides is 1. The normalized spacial score (nSPS) is 14.0. The molecular weight excluding hydrogens is 352 g/mol. The molecule has 0 aromatic heterocycles. The number of nitrogens with zero attached hydrogens (tertiary/aromatic N) is 1. The van der Waals surface area contributed by atoms with Crippen LogP contribution in [0.4, 0.5) is 5.69 Å². The van der Waals surface area contributed by atoms with Crippen molar-refractivity contribution in [1.29, 1.82) is 0 Å². The molecule has 3 rings (SSSR count). The van der Waals surface area contributed by atoms with Crippen molar-refractivity contribution in [3.63, 3.8) is 0 Å². The van der Waals surface area contributed by atoms with Crippen LogP contribution in [-0.4, -0.2) is 27.5 Å². The Morgan fingerprint density at radius 1 is 1.25 bits per heavy atom. The zero-order valence-electron chi connectivity index (χ0n) is 12.5. The first-order chi connectivity index (χ1) is 11.4. The van der Waals surface area contributed by atoms with Gasteiger partial charge in [0.2, 0.25) is 10.0 Å². The molecule has 1 heterocycles. The van der Waals surface area contributed by atoms with E-state index in [1.165, 1.54) is 18.2 Å². The fraction of sp³-hybridized carbons (Fsp3) is 0.133. The number of para-hydroxylation sites is 2. The highest BCUT2D eigenvalue weighted by Gasteiger charge is 2.15. The zero-order chi connectivity index (χ0) is 17.2. The van der Waals surface area contributed by atoms with Gasteiger partial charge in [0, 0.05) is 12.6 Å². The molecule has 0 radical (unpaired) electrons. The number of primary sulfonamides is 1. The van der Waals surface area contributed by atoms with E-state index in [1.807, 2.05) is 18.2 Å². The lowest BCUT2D eigenvalue weighted by Crippen LogP contribution is -2.26. The minimum Gasteiger partial charge on any atom is -0.455 e. The van der Waals surface area contributed by atoms with Gasteiger partial charge in [0.05, 0.1) is 17.3 Å². The van der Waals surface area contributed by atoms with E-state index in [-0.39, 0.29) is 9.92 Å². The summed E-state index contributed by atoms with van der Waals surface area (Å²) in [5.41, 5.74) is 0.720. The molecule has 126 valence electrons. The molecule has 1 aliphatic rings. The average molecular weight is 367 g/mol. The third-order valence-corrected chi connectivity index (χ3v) is 4.65. The molecule has 0 spiro atoms. The van der Waals surface area contributed by atoms with Crippen LogP contribution >= 0.6 is 11.6 Å². The molecular formula is C15H15ClN4O3S. The van der Waals surface area contributed by atoms with Crippen molar-refractivity contribution in [2.75, 3.05) is 18.4 Å². The van der Waals surface area contributed by atoms with Crippen LogP contribution in [0.5, 0.6) is 11.5 Å². The summed E-state index contributed by atoms with van der Waals surface area (Å²) in [7, 11) is -3.87. The summed E-state index contributed by atoms with van der Waals surface area (Å²) in [4.78, 5) is 4.12. The van der Waals surface area contributed by atoms with Crippen LogP contribution in [0.25, 0.3) is 0 Å².